The average Bonchev–Trinajstić information content (AvgIpc) is 2.94. The molecule has 0 bridgehead atoms. The van der Waals surface area contributed by atoms with E-state index in [4.69, 9.17) is 0 Å². The monoisotopic (exact) mass is 290 g/mol. The molecule has 20 heavy (non-hydrogen) atoms. The minimum Gasteiger partial charge on any atom is -0.383 e. The number of urea groups is 1. The van der Waals surface area contributed by atoms with Gasteiger partial charge in [-0.25, -0.2) is 4.79 Å². The normalized spacial score (nSPS) is 11.9. The SMILES string of the molecule is CCNC(=O)NCc1ccc([C@H](O)c2ccccc2)s1. The van der Waals surface area contributed by atoms with E-state index in [-0.39, 0.29) is 6.03 Å². The summed E-state index contributed by atoms with van der Waals surface area (Å²) >= 11 is 1.50. The fraction of sp³-hybridized carbons (Fsp3) is 0.267. The van der Waals surface area contributed by atoms with Crippen LogP contribution in [-0.2, 0) is 6.54 Å². The molecule has 0 aliphatic carbocycles. The third-order valence-electron chi connectivity index (χ3n) is 2.83. The van der Waals surface area contributed by atoms with E-state index in [1.807, 2.05) is 49.4 Å². The number of hydrogen-bond donors (Lipinski definition) is 3. The molecule has 0 spiro atoms. The lowest BCUT2D eigenvalue weighted by Gasteiger charge is -2.08. The van der Waals surface area contributed by atoms with Crippen molar-refractivity contribution < 1.29 is 9.90 Å². The van der Waals surface area contributed by atoms with Gasteiger partial charge in [0.15, 0.2) is 0 Å². The van der Waals surface area contributed by atoms with Gasteiger partial charge in [-0.05, 0) is 24.6 Å². The van der Waals surface area contributed by atoms with Crippen molar-refractivity contribution in [1.82, 2.24) is 10.6 Å². The molecular formula is C15H18N2O2S. The first-order valence-corrected chi connectivity index (χ1v) is 7.35. The van der Waals surface area contributed by atoms with E-state index in [1.54, 1.807) is 0 Å². The largest absolute Gasteiger partial charge is 0.383 e. The van der Waals surface area contributed by atoms with Crippen LogP contribution in [0.5, 0.6) is 0 Å². The number of aliphatic hydroxyl groups is 1. The number of thiophene rings is 1. The van der Waals surface area contributed by atoms with E-state index >= 15 is 0 Å². The summed E-state index contributed by atoms with van der Waals surface area (Å²) in [6, 6.07) is 13.2. The second-order valence-corrected chi connectivity index (χ2v) is 5.53. The van der Waals surface area contributed by atoms with E-state index < -0.39 is 6.10 Å². The van der Waals surface area contributed by atoms with Gasteiger partial charge in [0.2, 0.25) is 0 Å². The number of nitrogens with one attached hydrogen (secondary N) is 2. The fourth-order valence-corrected chi connectivity index (χ4v) is 2.79. The molecule has 1 aromatic heterocycles. The number of carbonyl (C=O) groups is 1. The van der Waals surface area contributed by atoms with E-state index in [9.17, 15) is 9.90 Å². The van der Waals surface area contributed by atoms with Crippen molar-refractivity contribution in [3.05, 3.63) is 57.8 Å². The molecule has 1 aromatic carbocycles. The Morgan fingerprint density at radius 2 is 1.95 bits per heavy atom. The summed E-state index contributed by atoms with van der Waals surface area (Å²) in [7, 11) is 0. The maximum atomic E-state index is 11.3. The van der Waals surface area contributed by atoms with E-state index in [0.29, 0.717) is 13.1 Å². The van der Waals surface area contributed by atoms with Gasteiger partial charge in [-0.3, -0.25) is 0 Å². The summed E-state index contributed by atoms with van der Waals surface area (Å²) in [5.41, 5.74) is 0.873. The fourth-order valence-electron chi connectivity index (χ4n) is 1.83. The van der Waals surface area contributed by atoms with Crippen LogP contribution in [0.2, 0.25) is 0 Å². The second kappa shape index (κ2) is 7.07. The Hall–Kier alpha value is -1.85. The highest BCUT2D eigenvalue weighted by molar-refractivity contribution is 7.12. The first kappa shape index (κ1) is 14.6. The molecule has 0 saturated heterocycles. The van der Waals surface area contributed by atoms with Gasteiger partial charge in [0.05, 0.1) is 6.54 Å². The van der Waals surface area contributed by atoms with Gasteiger partial charge in [-0.2, -0.15) is 0 Å². The van der Waals surface area contributed by atoms with Gasteiger partial charge in [0, 0.05) is 16.3 Å². The first-order chi connectivity index (χ1) is 9.70. The third kappa shape index (κ3) is 3.82. The summed E-state index contributed by atoms with van der Waals surface area (Å²) in [5.74, 6) is 0. The van der Waals surface area contributed by atoms with Crippen LogP contribution < -0.4 is 10.6 Å². The molecule has 0 radical (unpaired) electrons. The minimum atomic E-state index is -0.612. The standard InChI is InChI=1S/C15H18N2O2S/c1-2-16-15(19)17-10-12-8-9-13(20-12)14(18)11-6-4-3-5-7-11/h3-9,14,18H,2,10H2,1H3,(H2,16,17,19)/t14-/m1/s1. The van der Waals surface area contributed by atoms with Crippen LogP contribution in [0.1, 0.15) is 28.3 Å². The predicted octanol–water partition coefficient (Wildman–Crippen LogP) is 2.65. The Morgan fingerprint density at radius 1 is 1.20 bits per heavy atom. The molecule has 0 unspecified atom stereocenters. The van der Waals surface area contributed by atoms with Crippen molar-refractivity contribution in [3.63, 3.8) is 0 Å². The molecule has 2 aromatic rings. The van der Waals surface area contributed by atoms with Crippen molar-refractivity contribution in [2.45, 2.75) is 19.6 Å². The Balaban J connectivity index is 1.97. The van der Waals surface area contributed by atoms with Crippen molar-refractivity contribution in [2.24, 2.45) is 0 Å². The maximum absolute atomic E-state index is 11.3. The van der Waals surface area contributed by atoms with Crippen LogP contribution >= 0.6 is 11.3 Å². The second-order valence-electron chi connectivity index (χ2n) is 4.33. The number of benzene rings is 1. The molecule has 1 atom stereocenters. The van der Waals surface area contributed by atoms with Gasteiger partial charge in [0.25, 0.3) is 0 Å². The maximum Gasteiger partial charge on any atom is 0.315 e. The topological polar surface area (TPSA) is 61.4 Å². The molecule has 1 heterocycles. The predicted molar refractivity (Wildman–Crippen MR) is 80.7 cm³/mol. The lowest BCUT2D eigenvalue weighted by Crippen LogP contribution is -2.34. The van der Waals surface area contributed by atoms with Gasteiger partial charge in [-0.15, -0.1) is 11.3 Å². The number of aliphatic hydroxyl groups excluding tert-OH is 1. The first-order valence-electron chi connectivity index (χ1n) is 6.54. The Morgan fingerprint density at radius 3 is 2.65 bits per heavy atom. The lowest BCUT2D eigenvalue weighted by atomic mass is 10.1. The molecule has 0 saturated carbocycles. The van der Waals surface area contributed by atoms with Crippen LogP contribution in [0.25, 0.3) is 0 Å². The van der Waals surface area contributed by atoms with Crippen LogP contribution in [0.15, 0.2) is 42.5 Å². The van der Waals surface area contributed by atoms with Crippen molar-refractivity contribution >= 4 is 17.4 Å². The number of hydrogen-bond acceptors (Lipinski definition) is 3. The van der Waals surface area contributed by atoms with Gasteiger partial charge in [-0.1, -0.05) is 30.3 Å². The van der Waals surface area contributed by atoms with E-state index in [2.05, 4.69) is 10.6 Å². The van der Waals surface area contributed by atoms with Crippen LogP contribution in [0.4, 0.5) is 4.79 Å². The summed E-state index contributed by atoms with van der Waals surface area (Å²) in [6.45, 7) is 2.95. The number of rotatable bonds is 5. The van der Waals surface area contributed by atoms with Crippen LogP contribution in [-0.4, -0.2) is 17.7 Å². The lowest BCUT2D eigenvalue weighted by molar-refractivity contribution is 0.224. The zero-order chi connectivity index (χ0) is 14.4. The highest BCUT2D eigenvalue weighted by atomic mass is 32.1. The number of carbonyl (C=O) groups excluding carboxylic acids is 1. The van der Waals surface area contributed by atoms with Crippen molar-refractivity contribution in [1.29, 1.82) is 0 Å². The summed E-state index contributed by atoms with van der Waals surface area (Å²) in [4.78, 5) is 13.2. The zero-order valence-corrected chi connectivity index (χ0v) is 12.1. The highest BCUT2D eigenvalue weighted by Crippen LogP contribution is 2.28. The zero-order valence-electron chi connectivity index (χ0n) is 11.3. The molecule has 106 valence electrons. The molecule has 0 fully saturated rings. The average molecular weight is 290 g/mol. The van der Waals surface area contributed by atoms with Gasteiger partial charge in [0.1, 0.15) is 6.10 Å². The Kier molecular flexibility index (Phi) is 5.15. The summed E-state index contributed by atoms with van der Waals surface area (Å²) < 4.78 is 0. The molecular weight excluding hydrogens is 272 g/mol. The summed E-state index contributed by atoms with van der Waals surface area (Å²) in [6.07, 6.45) is -0.612. The Labute approximate surface area is 122 Å². The molecule has 2 amide bonds. The molecule has 3 N–H and O–H groups in total. The smallest absolute Gasteiger partial charge is 0.315 e. The number of amides is 2. The molecule has 0 aliphatic rings. The Bertz CT molecular complexity index is 554. The van der Waals surface area contributed by atoms with E-state index in [0.717, 1.165) is 15.3 Å². The van der Waals surface area contributed by atoms with Crippen molar-refractivity contribution in [2.75, 3.05) is 6.54 Å². The third-order valence-corrected chi connectivity index (χ3v) is 3.97. The summed E-state index contributed by atoms with van der Waals surface area (Å²) in [5, 5.41) is 15.7. The van der Waals surface area contributed by atoms with Crippen LogP contribution in [0.3, 0.4) is 0 Å². The highest BCUT2D eigenvalue weighted by Gasteiger charge is 2.12. The van der Waals surface area contributed by atoms with E-state index in [1.165, 1.54) is 11.3 Å². The molecule has 2 rings (SSSR count). The minimum absolute atomic E-state index is 0.175. The van der Waals surface area contributed by atoms with Crippen molar-refractivity contribution in [3.8, 4) is 0 Å². The van der Waals surface area contributed by atoms with Gasteiger partial charge < -0.3 is 15.7 Å². The van der Waals surface area contributed by atoms with Gasteiger partial charge >= 0.3 is 6.03 Å². The molecule has 4 nitrogen and oxygen atoms in total. The molecule has 0 aliphatic heterocycles. The van der Waals surface area contributed by atoms with Crippen LogP contribution in [0, 0.1) is 0 Å². The quantitative estimate of drug-likeness (QED) is 0.793. The molecule has 5 heteroatoms.